The van der Waals surface area contributed by atoms with Crippen molar-refractivity contribution in [3.05, 3.63) is 53.1 Å². The second-order valence-electron chi connectivity index (χ2n) is 6.11. The summed E-state index contributed by atoms with van der Waals surface area (Å²) in [6, 6.07) is 6.16. The fourth-order valence-electron chi connectivity index (χ4n) is 3.15. The number of halogens is 3. The number of nitrogens with zero attached hydrogens (tertiary/aromatic N) is 1. The van der Waals surface area contributed by atoms with Crippen molar-refractivity contribution in [2.45, 2.75) is 19.1 Å². The van der Waals surface area contributed by atoms with Gasteiger partial charge in [-0.15, -0.1) is 0 Å². The number of ether oxygens (including phenoxy) is 2. The topological polar surface area (TPSA) is 67.9 Å². The van der Waals surface area contributed by atoms with E-state index < -0.39 is 29.7 Å². The molecule has 1 aliphatic heterocycles. The van der Waals surface area contributed by atoms with Gasteiger partial charge in [-0.05, 0) is 36.8 Å². The van der Waals surface area contributed by atoms with Crippen LogP contribution in [-0.4, -0.2) is 26.2 Å². The largest absolute Gasteiger partial charge is 0.497 e. The van der Waals surface area contributed by atoms with Gasteiger partial charge in [-0.1, -0.05) is 6.07 Å². The van der Waals surface area contributed by atoms with E-state index in [0.29, 0.717) is 17.1 Å². The summed E-state index contributed by atoms with van der Waals surface area (Å²) >= 11 is 0. The highest BCUT2D eigenvalue weighted by Gasteiger charge is 2.43. The Balaban J connectivity index is 2.03. The van der Waals surface area contributed by atoms with Crippen LogP contribution in [0, 0.1) is 6.92 Å². The number of hydrogen-bond donors (Lipinski definition) is 1. The first-order valence-corrected chi connectivity index (χ1v) is 8.22. The normalized spacial score (nSPS) is 16.9. The minimum absolute atomic E-state index is 0.118. The molecule has 1 fully saturated rings. The molecule has 0 saturated carbocycles. The molecule has 1 saturated heterocycles. The zero-order chi connectivity index (χ0) is 20.6. The van der Waals surface area contributed by atoms with Crippen molar-refractivity contribution in [1.29, 1.82) is 0 Å². The molecule has 2 aromatic carbocycles. The molecule has 1 N–H and O–H groups in total. The van der Waals surface area contributed by atoms with Crippen molar-refractivity contribution < 1.29 is 32.2 Å². The standard InChI is InChI=1S/C19H17F3N2O4/c1-10-13(19(20,21)22)5-4-6-14(10)24-17(25)16(23-18(24)26)12-8-7-11(27-2)9-15(12)28-3/h4-9,16H,1-3H3,(H,23,26). The Labute approximate surface area is 158 Å². The van der Waals surface area contributed by atoms with Crippen LogP contribution in [0.25, 0.3) is 0 Å². The third-order valence-electron chi connectivity index (χ3n) is 4.54. The highest BCUT2D eigenvalue weighted by atomic mass is 19.4. The first-order chi connectivity index (χ1) is 13.2. The number of carbonyl (C=O) groups is 2. The van der Waals surface area contributed by atoms with E-state index in [9.17, 15) is 22.8 Å². The molecule has 3 rings (SSSR count). The summed E-state index contributed by atoms with van der Waals surface area (Å²) in [5.74, 6) is 0.0967. The van der Waals surface area contributed by atoms with Crippen LogP contribution < -0.4 is 19.7 Å². The van der Waals surface area contributed by atoms with Crippen molar-refractivity contribution in [1.82, 2.24) is 5.32 Å². The third kappa shape index (κ3) is 3.23. The maximum atomic E-state index is 13.2. The van der Waals surface area contributed by atoms with Crippen LogP contribution in [0.5, 0.6) is 11.5 Å². The summed E-state index contributed by atoms with van der Waals surface area (Å²) < 4.78 is 49.9. The summed E-state index contributed by atoms with van der Waals surface area (Å²) in [6.07, 6.45) is -4.60. The van der Waals surface area contributed by atoms with E-state index >= 15 is 0 Å². The summed E-state index contributed by atoms with van der Waals surface area (Å²) in [4.78, 5) is 26.1. The fraction of sp³-hybridized carbons (Fsp3) is 0.263. The van der Waals surface area contributed by atoms with Crippen LogP contribution in [0.2, 0.25) is 0 Å². The number of imide groups is 1. The molecule has 3 amide bonds. The van der Waals surface area contributed by atoms with Gasteiger partial charge in [0, 0.05) is 11.6 Å². The average molecular weight is 394 g/mol. The second kappa shape index (κ2) is 7.06. The Bertz CT molecular complexity index is 943. The predicted molar refractivity (Wildman–Crippen MR) is 94.5 cm³/mol. The lowest BCUT2D eigenvalue weighted by Crippen LogP contribution is -2.31. The number of alkyl halides is 3. The zero-order valence-electron chi connectivity index (χ0n) is 15.3. The molecule has 0 aromatic heterocycles. The van der Waals surface area contributed by atoms with Gasteiger partial charge in [0.05, 0.1) is 25.5 Å². The fourth-order valence-corrected chi connectivity index (χ4v) is 3.15. The van der Waals surface area contributed by atoms with E-state index in [1.54, 1.807) is 18.2 Å². The smallest absolute Gasteiger partial charge is 0.416 e. The molecule has 9 heteroatoms. The van der Waals surface area contributed by atoms with Crippen molar-refractivity contribution >= 4 is 17.6 Å². The first-order valence-electron chi connectivity index (χ1n) is 8.22. The van der Waals surface area contributed by atoms with E-state index in [4.69, 9.17) is 9.47 Å². The van der Waals surface area contributed by atoms with Crippen molar-refractivity contribution in [2.24, 2.45) is 0 Å². The van der Waals surface area contributed by atoms with Gasteiger partial charge in [0.15, 0.2) is 0 Å². The zero-order valence-corrected chi connectivity index (χ0v) is 15.3. The van der Waals surface area contributed by atoms with Crippen LogP contribution in [0.1, 0.15) is 22.7 Å². The average Bonchev–Trinajstić information content (AvgIpc) is 2.94. The number of hydrogen-bond acceptors (Lipinski definition) is 4. The molecular weight excluding hydrogens is 377 g/mol. The Hall–Kier alpha value is -3.23. The Morgan fingerprint density at radius 1 is 1.07 bits per heavy atom. The molecule has 0 bridgehead atoms. The number of nitrogens with one attached hydrogen (secondary N) is 1. The maximum absolute atomic E-state index is 13.2. The molecule has 0 aliphatic carbocycles. The number of methoxy groups -OCH3 is 2. The molecule has 0 spiro atoms. The predicted octanol–water partition coefficient (Wildman–Crippen LogP) is 3.83. The summed E-state index contributed by atoms with van der Waals surface area (Å²) in [5.41, 5.74) is -0.863. The maximum Gasteiger partial charge on any atom is 0.416 e. The molecule has 1 atom stereocenters. The number of carbonyl (C=O) groups excluding carboxylic acids is 2. The number of rotatable bonds is 4. The van der Waals surface area contributed by atoms with Gasteiger partial charge in [-0.2, -0.15) is 13.2 Å². The van der Waals surface area contributed by atoms with E-state index in [0.717, 1.165) is 17.0 Å². The second-order valence-corrected chi connectivity index (χ2v) is 6.11. The van der Waals surface area contributed by atoms with Gasteiger partial charge in [0.2, 0.25) is 0 Å². The highest BCUT2D eigenvalue weighted by Crippen LogP contribution is 2.39. The monoisotopic (exact) mass is 394 g/mol. The SMILES string of the molecule is COc1ccc(C2NC(=O)N(c3cccc(C(F)(F)F)c3C)C2=O)c(OC)c1. The van der Waals surface area contributed by atoms with Crippen molar-refractivity contribution in [3.8, 4) is 11.5 Å². The summed E-state index contributed by atoms with van der Waals surface area (Å²) in [5, 5.41) is 2.50. The highest BCUT2D eigenvalue weighted by molar-refractivity contribution is 6.22. The van der Waals surface area contributed by atoms with E-state index in [2.05, 4.69) is 5.32 Å². The number of urea groups is 1. The van der Waals surface area contributed by atoms with Gasteiger partial charge in [-0.25, -0.2) is 9.69 Å². The molecule has 1 aliphatic rings. The third-order valence-corrected chi connectivity index (χ3v) is 4.54. The van der Waals surface area contributed by atoms with Gasteiger partial charge in [0.1, 0.15) is 17.5 Å². The van der Waals surface area contributed by atoms with Gasteiger partial charge in [-0.3, -0.25) is 4.79 Å². The molecule has 2 aromatic rings. The van der Waals surface area contributed by atoms with E-state index in [1.807, 2.05) is 0 Å². The molecular formula is C19H17F3N2O4. The Kier molecular flexibility index (Phi) is 4.93. The quantitative estimate of drug-likeness (QED) is 0.801. The molecule has 0 radical (unpaired) electrons. The minimum atomic E-state index is -4.60. The lowest BCUT2D eigenvalue weighted by atomic mass is 10.0. The lowest BCUT2D eigenvalue weighted by Gasteiger charge is -2.19. The molecule has 148 valence electrons. The van der Waals surface area contributed by atoms with Crippen LogP contribution in [0.15, 0.2) is 36.4 Å². The number of amides is 3. The van der Waals surface area contributed by atoms with Gasteiger partial charge in [0.25, 0.3) is 5.91 Å². The van der Waals surface area contributed by atoms with Crippen LogP contribution in [0.3, 0.4) is 0 Å². The molecule has 1 unspecified atom stereocenters. The molecule has 1 heterocycles. The van der Waals surface area contributed by atoms with E-state index in [1.165, 1.54) is 27.2 Å². The summed E-state index contributed by atoms with van der Waals surface area (Å²) in [7, 11) is 2.86. The van der Waals surface area contributed by atoms with Crippen LogP contribution in [-0.2, 0) is 11.0 Å². The van der Waals surface area contributed by atoms with Crippen LogP contribution in [0.4, 0.5) is 23.7 Å². The van der Waals surface area contributed by atoms with Gasteiger partial charge >= 0.3 is 12.2 Å². The summed E-state index contributed by atoms with van der Waals surface area (Å²) in [6.45, 7) is 1.22. The Morgan fingerprint density at radius 3 is 2.39 bits per heavy atom. The number of benzene rings is 2. The van der Waals surface area contributed by atoms with E-state index in [-0.39, 0.29) is 11.3 Å². The molecule has 28 heavy (non-hydrogen) atoms. The van der Waals surface area contributed by atoms with Gasteiger partial charge < -0.3 is 14.8 Å². The van der Waals surface area contributed by atoms with Crippen LogP contribution >= 0.6 is 0 Å². The molecule has 6 nitrogen and oxygen atoms in total. The lowest BCUT2D eigenvalue weighted by molar-refractivity contribution is -0.138. The minimum Gasteiger partial charge on any atom is -0.497 e. The first kappa shape index (κ1) is 19.5. The Morgan fingerprint density at radius 2 is 1.79 bits per heavy atom. The number of anilines is 1. The van der Waals surface area contributed by atoms with Crippen molar-refractivity contribution in [3.63, 3.8) is 0 Å². The van der Waals surface area contributed by atoms with Crippen molar-refractivity contribution in [2.75, 3.05) is 19.1 Å².